The number of hydrogen-bond acceptors (Lipinski definition) is 5. The average molecular weight is 613 g/mol. The van der Waals surface area contributed by atoms with E-state index in [1.807, 2.05) is 6.07 Å². The average Bonchev–Trinajstić information content (AvgIpc) is 3.14. The molecule has 0 saturated heterocycles. The van der Waals surface area contributed by atoms with Crippen LogP contribution in [0.15, 0.2) is 152 Å². The number of anilines is 6. The number of pyridine rings is 1. The van der Waals surface area contributed by atoms with Gasteiger partial charge in [0.15, 0.2) is 0 Å². The van der Waals surface area contributed by atoms with Gasteiger partial charge in [-0.05, 0) is 94.0 Å². The van der Waals surface area contributed by atoms with E-state index in [0.29, 0.717) is 5.88 Å². The van der Waals surface area contributed by atoms with Gasteiger partial charge in [-0.1, -0.05) is 84.9 Å². The summed E-state index contributed by atoms with van der Waals surface area (Å²) >= 11 is 0. The zero-order valence-corrected chi connectivity index (χ0v) is 25.7. The van der Waals surface area contributed by atoms with Crippen molar-refractivity contribution in [2.45, 2.75) is 0 Å². The summed E-state index contributed by atoms with van der Waals surface area (Å²) < 4.78 is 13.4. The summed E-state index contributed by atoms with van der Waals surface area (Å²) in [4.78, 5) is 10.2. The molecule has 0 aliphatic carbocycles. The molecule has 0 atom stereocenters. The highest BCUT2D eigenvalue weighted by Crippen LogP contribution is 2.43. The normalized spacial score (nSPS) is 14.0. The second-order valence-electron chi connectivity index (χ2n) is 12.7. The summed E-state index contributed by atoms with van der Waals surface area (Å²) in [5.41, 5.74) is 13.3. The first-order valence-electron chi connectivity index (χ1n) is 16.4. The van der Waals surface area contributed by atoms with Crippen LogP contribution in [0.3, 0.4) is 0 Å². The van der Waals surface area contributed by atoms with E-state index in [4.69, 9.17) is 14.5 Å². The summed E-state index contributed by atoms with van der Waals surface area (Å²) in [6.07, 6.45) is 0. The maximum Gasteiger partial charge on any atom is 0.279 e. The molecule has 0 amide bonds. The van der Waals surface area contributed by atoms with Crippen molar-refractivity contribution >= 4 is 80.5 Å². The van der Waals surface area contributed by atoms with Crippen LogP contribution in [0.1, 0.15) is 0 Å². The first-order valence-corrected chi connectivity index (χ1v) is 16.4. The number of nitrogens with zero attached hydrogens (tertiary/aromatic N) is 3. The smallest absolute Gasteiger partial charge is 0.279 e. The zero-order valence-electron chi connectivity index (χ0n) is 25.7. The monoisotopic (exact) mass is 613 g/mol. The lowest BCUT2D eigenvalue weighted by molar-refractivity contribution is 0.469. The van der Waals surface area contributed by atoms with E-state index in [-0.39, 0.29) is 13.4 Å². The van der Waals surface area contributed by atoms with Crippen molar-refractivity contribution in [3.05, 3.63) is 152 Å². The Bertz CT molecular complexity index is 2450. The number of fused-ring (bicyclic) bond motifs is 8. The number of para-hydroxylation sites is 4. The third-order valence-electron chi connectivity index (χ3n) is 10.2. The van der Waals surface area contributed by atoms with E-state index in [1.54, 1.807) is 0 Å². The van der Waals surface area contributed by atoms with Crippen molar-refractivity contribution in [3.8, 4) is 23.1 Å². The first-order chi connectivity index (χ1) is 23.8. The van der Waals surface area contributed by atoms with Gasteiger partial charge >= 0.3 is 0 Å². The molecule has 0 spiro atoms. The molecule has 4 aliphatic rings. The van der Waals surface area contributed by atoms with Crippen LogP contribution in [-0.4, -0.2) is 18.4 Å². The fourth-order valence-electron chi connectivity index (χ4n) is 8.27. The van der Waals surface area contributed by atoms with Crippen LogP contribution < -0.4 is 52.2 Å². The van der Waals surface area contributed by atoms with Crippen LogP contribution in [-0.2, 0) is 0 Å². The SMILES string of the molecule is c1ccc(N2c3ccccc3B3c4cc5c(nc4Oc4cccc2c43)B2c3ccccc3Oc3cccc(c32)N5c2ccccc2)cc1. The number of hydrogen-bond donors (Lipinski definition) is 0. The number of aromatic nitrogens is 1. The van der Waals surface area contributed by atoms with Crippen molar-refractivity contribution in [2.75, 3.05) is 9.80 Å². The molecule has 1 aromatic heterocycles. The zero-order chi connectivity index (χ0) is 31.3. The maximum absolute atomic E-state index is 6.86. The van der Waals surface area contributed by atoms with E-state index in [0.717, 1.165) is 78.8 Å². The Morgan fingerprint density at radius 3 is 1.69 bits per heavy atom. The fourth-order valence-corrected chi connectivity index (χ4v) is 8.27. The molecule has 0 unspecified atom stereocenters. The minimum atomic E-state index is -0.107. The van der Waals surface area contributed by atoms with E-state index < -0.39 is 0 Å². The van der Waals surface area contributed by atoms with Gasteiger partial charge in [0.05, 0.1) is 5.69 Å². The molecule has 11 rings (SSSR count). The second-order valence-corrected chi connectivity index (χ2v) is 12.7. The van der Waals surface area contributed by atoms with Gasteiger partial charge in [-0.3, -0.25) is 0 Å². The molecule has 0 radical (unpaired) electrons. The van der Waals surface area contributed by atoms with Crippen LogP contribution in [0.5, 0.6) is 23.1 Å². The molecule has 0 bridgehead atoms. The Kier molecular flexibility index (Phi) is 5.22. The van der Waals surface area contributed by atoms with Gasteiger partial charge in [0.1, 0.15) is 17.2 Å². The predicted molar refractivity (Wildman–Crippen MR) is 196 cm³/mol. The summed E-state index contributed by atoms with van der Waals surface area (Å²) in [7, 11) is 0. The Morgan fingerprint density at radius 1 is 0.417 bits per heavy atom. The lowest BCUT2D eigenvalue weighted by atomic mass is 9.33. The van der Waals surface area contributed by atoms with E-state index in [2.05, 4.69) is 155 Å². The molecule has 0 saturated carbocycles. The van der Waals surface area contributed by atoms with Crippen molar-refractivity contribution < 1.29 is 9.47 Å². The molecule has 0 N–H and O–H groups in total. The van der Waals surface area contributed by atoms with Gasteiger partial charge in [-0.2, -0.15) is 0 Å². The molecule has 5 heterocycles. The van der Waals surface area contributed by atoms with Gasteiger partial charge in [0, 0.05) is 34.0 Å². The van der Waals surface area contributed by atoms with Gasteiger partial charge in [0.2, 0.25) is 5.88 Å². The van der Waals surface area contributed by atoms with Crippen LogP contribution in [0, 0.1) is 0 Å². The molecule has 48 heavy (non-hydrogen) atoms. The van der Waals surface area contributed by atoms with Crippen LogP contribution in [0.4, 0.5) is 34.1 Å². The van der Waals surface area contributed by atoms with Crippen molar-refractivity contribution in [3.63, 3.8) is 0 Å². The standard InChI is InChI=1S/C41H25B2N3O2/c1-3-13-26(14-4-1)45-31-19-9-7-17-28(31)42-30-25-34-40(44-41(30)48-37-24-12-20-32(45)38(37)42)43-29-18-8-10-22-35(29)47-36-23-11-21-33(39(36)43)46(34)27-15-5-2-6-16-27/h1-25H. The highest BCUT2D eigenvalue weighted by molar-refractivity contribution is 7.00. The van der Waals surface area contributed by atoms with Crippen LogP contribution in [0.2, 0.25) is 0 Å². The van der Waals surface area contributed by atoms with Gasteiger partial charge in [-0.25, -0.2) is 4.98 Å². The lowest BCUT2D eigenvalue weighted by Gasteiger charge is -2.42. The topological polar surface area (TPSA) is 37.8 Å². The minimum absolute atomic E-state index is 0.0544. The molecular formula is C41H25B2N3O2. The van der Waals surface area contributed by atoms with Crippen LogP contribution >= 0.6 is 0 Å². The van der Waals surface area contributed by atoms with E-state index >= 15 is 0 Å². The van der Waals surface area contributed by atoms with Crippen molar-refractivity contribution in [2.24, 2.45) is 0 Å². The molecule has 0 fully saturated rings. The quantitative estimate of drug-likeness (QED) is 0.228. The summed E-state index contributed by atoms with van der Waals surface area (Å²) in [6, 6.07) is 53.4. The lowest BCUT2D eigenvalue weighted by Crippen LogP contribution is -2.63. The van der Waals surface area contributed by atoms with Crippen molar-refractivity contribution in [1.82, 2.24) is 4.98 Å². The largest absolute Gasteiger partial charge is 0.458 e. The Morgan fingerprint density at radius 2 is 0.958 bits per heavy atom. The molecule has 5 nitrogen and oxygen atoms in total. The molecule has 222 valence electrons. The van der Waals surface area contributed by atoms with E-state index in [1.165, 1.54) is 5.46 Å². The molecule has 6 aromatic carbocycles. The number of benzene rings is 6. The number of ether oxygens (including phenoxy) is 2. The Labute approximate surface area is 278 Å². The second kappa shape index (κ2) is 9.66. The van der Waals surface area contributed by atoms with Gasteiger partial charge in [-0.15, -0.1) is 0 Å². The third kappa shape index (κ3) is 3.45. The molecule has 4 aliphatic heterocycles. The van der Waals surface area contributed by atoms with Gasteiger partial charge < -0.3 is 19.3 Å². The summed E-state index contributed by atoms with van der Waals surface area (Å²) in [5, 5.41) is 0. The fraction of sp³-hybridized carbons (Fsp3) is 0. The third-order valence-corrected chi connectivity index (χ3v) is 10.2. The van der Waals surface area contributed by atoms with Crippen molar-refractivity contribution in [1.29, 1.82) is 0 Å². The molecule has 7 heteroatoms. The highest BCUT2D eigenvalue weighted by Gasteiger charge is 2.47. The molecule has 7 aromatic rings. The summed E-state index contributed by atoms with van der Waals surface area (Å²) in [6.45, 7) is -0.161. The highest BCUT2D eigenvalue weighted by atomic mass is 16.5. The number of rotatable bonds is 2. The minimum Gasteiger partial charge on any atom is -0.458 e. The Hall–Kier alpha value is -6.20. The Balaban J connectivity index is 1.20. The molecular weight excluding hydrogens is 588 g/mol. The summed E-state index contributed by atoms with van der Waals surface area (Å²) in [5.74, 6) is 3.23. The van der Waals surface area contributed by atoms with E-state index in [9.17, 15) is 0 Å². The first kappa shape index (κ1) is 25.9. The maximum atomic E-state index is 6.86. The van der Waals surface area contributed by atoms with Gasteiger partial charge in [0.25, 0.3) is 13.4 Å². The predicted octanol–water partition coefficient (Wildman–Crippen LogP) is 5.89. The van der Waals surface area contributed by atoms with Crippen LogP contribution in [0.25, 0.3) is 0 Å².